The van der Waals surface area contributed by atoms with E-state index in [0.29, 0.717) is 0 Å². The summed E-state index contributed by atoms with van der Waals surface area (Å²) < 4.78 is 0. The Morgan fingerprint density at radius 2 is 2.00 bits per heavy atom. The van der Waals surface area contributed by atoms with Gasteiger partial charge in [0.15, 0.2) is 0 Å². The van der Waals surface area contributed by atoms with Crippen LogP contribution in [0.1, 0.15) is 0 Å². The first kappa shape index (κ1) is 9.50. The Morgan fingerprint density at radius 3 is 2.54 bits per heavy atom. The third-order valence-corrected chi connectivity index (χ3v) is 1.80. The fourth-order valence-electron chi connectivity index (χ4n) is 1.07. The summed E-state index contributed by atoms with van der Waals surface area (Å²) in [6.07, 6.45) is 0. The number of hydrogen-bond acceptors (Lipinski definition) is 3. The van der Waals surface area contributed by atoms with Crippen LogP contribution in [0.5, 0.6) is 0 Å². The maximum Gasteiger partial charge on any atom is 0.323 e. The standard InChI is InChI=1S/C7H10N2O4/c1-8-2-6(11)9(3-5(8)10)4-7(12)13/h2-4H2,1H3,(H,12,13). The van der Waals surface area contributed by atoms with Crippen molar-refractivity contribution in [1.82, 2.24) is 9.80 Å². The van der Waals surface area contributed by atoms with Crippen molar-refractivity contribution in [2.75, 3.05) is 26.7 Å². The van der Waals surface area contributed by atoms with Crippen molar-refractivity contribution >= 4 is 17.8 Å². The van der Waals surface area contributed by atoms with Gasteiger partial charge in [0.25, 0.3) is 0 Å². The zero-order valence-corrected chi connectivity index (χ0v) is 7.19. The molecule has 1 aliphatic heterocycles. The van der Waals surface area contributed by atoms with E-state index < -0.39 is 12.5 Å². The van der Waals surface area contributed by atoms with Gasteiger partial charge in [0.2, 0.25) is 11.8 Å². The van der Waals surface area contributed by atoms with E-state index in [1.807, 2.05) is 0 Å². The molecule has 6 heteroatoms. The van der Waals surface area contributed by atoms with E-state index in [4.69, 9.17) is 5.11 Å². The van der Waals surface area contributed by atoms with Crippen molar-refractivity contribution in [1.29, 1.82) is 0 Å². The van der Waals surface area contributed by atoms with E-state index in [0.717, 1.165) is 4.90 Å². The summed E-state index contributed by atoms with van der Waals surface area (Å²) in [5, 5.41) is 8.42. The lowest BCUT2D eigenvalue weighted by atomic mass is 10.3. The third-order valence-electron chi connectivity index (χ3n) is 1.80. The van der Waals surface area contributed by atoms with Crippen LogP contribution >= 0.6 is 0 Å². The van der Waals surface area contributed by atoms with Gasteiger partial charge in [-0.2, -0.15) is 0 Å². The van der Waals surface area contributed by atoms with Gasteiger partial charge < -0.3 is 14.9 Å². The van der Waals surface area contributed by atoms with Crippen LogP contribution in [0.2, 0.25) is 0 Å². The minimum Gasteiger partial charge on any atom is -0.480 e. The highest BCUT2D eigenvalue weighted by Crippen LogP contribution is 2.01. The van der Waals surface area contributed by atoms with Crippen LogP contribution in [-0.2, 0) is 14.4 Å². The zero-order valence-electron chi connectivity index (χ0n) is 7.19. The highest BCUT2D eigenvalue weighted by molar-refractivity contribution is 5.93. The number of hydrogen-bond donors (Lipinski definition) is 1. The predicted octanol–water partition coefficient (Wildman–Crippen LogP) is -1.63. The summed E-state index contributed by atoms with van der Waals surface area (Å²) >= 11 is 0. The number of nitrogens with zero attached hydrogens (tertiary/aromatic N) is 2. The Balaban J connectivity index is 2.61. The molecular formula is C7H10N2O4. The largest absolute Gasteiger partial charge is 0.480 e. The van der Waals surface area contributed by atoms with Gasteiger partial charge in [0, 0.05) is 7.05 Å². The second-order valence-electron chi connectivity index (χ2n) is 2.89. The molecule has 13 heavy (non-hydrogen) atoms. The van der Waals surface area contributed by atoms with Gasteiger partial charge >= 0.3 is 5.97 Å². The highest BCUT2D eigenvalue weighted by atomic mass is 16.4. The molecule has 1 saturated heterocycles. The van der Waals surface area contributed by atoms with Gasteiger partial charge in [-0.15, -0.1) is 0 Å². The van der Waals surface area contributed by atoms with E-state index in [1.165, 1.54) is 11.9 Å². The van der Waals surface area contributed by atoms with Crippen LogP contribution in [0, 0.1) is 0 Å². The number of rotatable bonds is 2. The van der Waals surface area contributed by atoms with E-state index in [2.05, 4.69) is 0 Å². The van der Waals surface area contributed by atoms with E-state index in [1.54, 1.807) is 0 Å². The molecule has 0 atom stereocenters. The number of carboxylic acid groups (broad SMARTS) is 1. The summed E-state index contributed by atoms with van der Waals surface area (Å²) in [5.74, 6) is -1.67. The molecule has 0 saturated carbocycles. The highest BCUT2D eigenvalue weighted by Gasteiger charge is 2.28. The summed E-state index contributed by atoms with van der Waals surface area (Å²) in [6, 6.07) is 0. The molecule has 0 bridgehead atoms. The second-order valence-corrected chi connectivity index (χ2v) is 2.89. The van der Waals surface area contributed by atoms with Crippen LogP contribution in [0.25, 0.3) is 0 Å². The molecule has 1 N–H and O–H groups in total. The van der Waals surface area contributed by atoms with E-state index in [-0.39, 0.29) is 24.9 Å². The molecule has 0 unspecified atom stereocenters. The van der Waals surface area contributed by atoms with Crippen LogP contribution in [0.4, 0.5) is 0 Å². The molecule has 1 fully saturated rings. The molecule has 1 aliphatic rings. The quantitative estimate of drug-likeness (QED) is 0.561. The molecule has 1 heterocycles. The fraction of sp³-hybridized carbons (Fsp3) is 0.571. The minimum atomic E-state index is -1.11. The number of carbonyl (C=O) groups is 3. The molecule has 0 radical (unpaired) electrons. The van der Waals surface area contributed by atoms with Crippen molar-refractivity contribution in [3.8, 4) is 0 Å². The van der Waals surface area contributed by atoms with Gasteiger partial charge in [-0.25, -0.2) is 0 Å². The molecule has 0 aromatic heterocycles. The first-order valence-electron chi connectivity index (χ1n) is 3.74. The molecular weight excluding hydrogens is 176 g/mol. The normalized spacial score (nSPS) is 17.9. The molecule has 0 spiro atoms. The minimum absolute atomic E-state index is 0.0356. The van der Waals surface area contributed by atoms with Crippen LogP contribution < -0.4 is 0 Å². The lowest BCUT2D eigenvalue weighted by Crippen LogP contribution is -2.53. The van der Waals surface area contributed by atoms with E-state index in [9.17, 15) is 14.4 Å². The van der Waals surface area contributed by atoms with Gasteiger partial charge in [0.05, 0.1) is 6.54 Å². The third kappa shape index (κ3) is 2.17. The van der Waals surface area contributed by atoms with Gasteiger partial charge in [-0.1, -0.05) is 0 Å². The number of carboxylic acids is 1. The van der Waals surface area contributed by atoms with Crippen LogP contribution in [0.3, 0.4) is 0 Å². The smallest absolute Gasteiger partial charge is 0.323 e. The maximum atomic E-state index is 11.2. The Kier molecular flexibility index (Phi) is 2.50. The van der Waals surface area contributed by atoms with Crippen molar-refractivity contribution < 1.29 is 19.5 Å². The first-order valence-corrected chi connectivity index (χ1v) is 3.74. The topological polar surface area (TPSA) is 77.9 Å². The molecule has 6 nitrogen and oxygen atoms in total. The average molecular weight is 186 g/mol. The summed E-state index contributed by atoms with van der Waals surface area (Å²) in [4.78, 5) is 34.8. The predicted molar refractivity (Wildman–Crippen MR) is 41.9 cm³/mol. The monoisotopic (exact) mass is 186 g/mol. The Hall–Kier alpha value is -1.59. The lowest BCUT2D eigenvalue weighted by molar-refractivity contribution is -0.153. The SMILES string of the molecule is CN1CC(=O)N(CC(=O)O)CC1=O. The number of amides is 2. The summed E-state index contributed by atoms with van der Waals surface area (Å²) in [6.45, 7) is -0.577. The second kappa shape index (κ2) is 3.42. The number of likely N-dealkylation sites (N-methyl/N-ethyl adjacent to an activating group) is 1. The Morgan fingerprint density at radius 1 is 1.38 bits per heavy atom. The van der Waals surface area contributed by atoms with E-state index >= 15 is 0 Å². The van der Waals surface area contributed by atoms with Crippen LogP contribution in [-0.4, -0.2) is 59.4 Å². The first-order chi connectivity index (χ1) is 6.00. The van der Waals surface area contributed by atoms with Crippen molar-refractivity contribution in [3.05, 3.63) is 0 Å². The molecule has 0 aromatic rings. The molecule has 0 aliphatic carbocycles. The number of carbonyl (C=O) groups excluding carboxylic acids is 2. The zero-order chi connectivity index (χ0) is 10.0. The number of aliphatic carboxylic acids is 1. The van der Waals surface area contributed by atoms with Gasteiger partial charge in [-0.05, 0) is 0 Å². The Bertz CT molecular complexity index is 263. The molecule has 72 valence electrons. The number of piperazine rings is 1. The van der Waals surface area contributed by atoms with Crippen molar-refractivity contribution in [2.24, 2.45) is 0 Å². The summed E-state index contributed by atoms with van der Waals surface area (Å²) in [5.41, 5.74) is 0. The van der Waals surface area contributed by atoms with Gasteiger partial charge in [-0.3, -0.25) is 14.4 Å². The fourth-order valence-corrected chi connectivity index (χ4v) is 1.07. The average Bonchev–Trinajstić information content (AvgIpc) is 1.99. The lowest BCUT2D eigenvalue weighted by Gasteiger charge is -2.30. The summed E-state index contributed by atoms with van der Waals surface area (Å²) in [7, 11) is 1.51. The maximum absolute atomic E-state index is 11.2. The Labute approximate surface area is 74.7 Å². The molecule has 1 rings (SSSR count). The van der Waals surface area contributed by atoms with Gasteiger partial charge in [0.1, 0.15) is 13.1 Å². The van der Waals surface area contributed by atoms with Crippen molar-refractivity contribution in [3.63, 3.8) is 0 Å². The molecule has 2 amide bonds. The molecule has 0 aromatic carbocycles. The van der Waals surface area contributed by atoms with Crippen molar-refractivity contribution in [2.45, 2.75) is 0 Å². The van der Waals surface area contributed by atoms with Crippen LogP contribution in [0.15, 0.2) is 0 Å².